The highest BCUT2D eigenvalue weighted by molar-refractivity contribution is 5.76. The van der Waals surface area contributed by atoms with E-state index in [4.69, 9.17) is 0 Å². The molecule has 0 aliphatic heterocycles. The second kappa shape index (κ2) is 7.88. The molecule has 0 aliphatic carbocycles. The first-order valence-corrected chi connectivity index (χ1v) is 6.70. The van der Waals surface area contributed by atoms with Crippen LogP contribution in [-0.2, 0) is 4.79 Å². The second-order valence-electron chi connectivity index (χ2n) is 4.80. The third kappa shape index (κ3) is 4.88. The standard InChI is InChI=1S/C15H24N2O/c1-4-16-11-10-14(18)17-15(12(2)3)13-8-6-5-7-9-13/h5-9,12,15-16H,4,10-11H2,1-3H3,(H,17,18). The van der Waals surface area contributed by atoms with Crippen molar-refractivity contribution in [2.75, 3.05) is 13.1 Å². The van der Waals surface area contributed by atoms with Crippen molar-refractivity contribution >= 4 is 5.91 Å². The Bertz CT molecular complexity index is 349. The number of benzene rings is 1. The van der Waals surface area contributed by atoms with E-state index in [1.54, 1.807) is 0 Å². The van der Waals surface area contributed by atoms with Gasteiger partial charge in [-0.1, -0.05) is 51.1 Å². The summed E-state index contributed by atoms with van der Waals surface area (Å²) < 4.78 is 0. The molecule has 1 rings (SSSR count). The Morgan fingerprint density at radius 2 is 1.89 bits per heavy atom. The molecule has 100 valence electrons. The summed E-state index contributed by atoms with van der Waals surface area (Å²) >= 11 is 0. The summed E-state index contributed by atoms with van der Waals surface area (Å²) in [7, 11) is 0. The molecule has 2 N–H and O–H groups in total. The molecule has 1 unspecified atom stereocenters. The van der Waals surface area contributed by atoms with Crippen LogP contribution in [0.5, 0.6) is 0 Å². The van der Waals surface area contributed by atoms with Crippen LogP contribution in [0.4, 0.5) is 0 Å². The molecule has 1 amide bonds. The molecule has 1 atom stereocenters. The average Bonchev–Trinajstić information content (AvgIpc) is 2.37. The molecule has 0 heterocycles. The smallest absolute Gasteiger partial charge is 0.221 e. The minimum Gasteiger partial charge on any atom is -0.349 e. The van der Waals surface area contributed by atoms with Gasteiger partial charge in [-0.2, -0.15) is 0 Å². The van der Waals surface area contributed by atoms with Gasteiger partial charge in [0.25, 0.3) is 0 Å². The minimum absolute atomic E-state index is 0.0975. The summed E-state index contributed by atoms with van der Waals surface area (Å²) in [6, 6.07) is 10.2. The van der Waals surface area contributed by atoms with Crippen molar-refractivity contribution in [3.8, 4) is 0 Å². The zero-order valence-electron chi connectivity index (χ0n) is 11.6. The maximum atomic E-state index is 11.9. The molecule has 18 heavy (non-hydrogen) atoms. The quantitative estimate of drug-likeness (QED) is 0.728. The van der Waals surface area contributed by atoms with Gasteiger partial charge in [0, 0.05) is 13.0 Å². The molecule has 0 aromatic heterocycles. The number of carbonyl (C=O) groups excluding carboxylic acids is 1. The Hall–Kier alpha value is -1.35. The van der Waals surface area contributed by atoms with E-state index in [-0.39, 0.29) is 11.9 Å². The number of nitrogens with one attached hydrogen (secondary N) is 2. The lowest BCUT2D eigenvalue weighted by Gasteiger charge is -2.23. The van der Waals surface area contributed by atoms with Crippen molar-refractivity contribution in [1.82, 2.24) is 10.6 Å². The van der Waals surface area contributed by atoms with E-state index in [9.17, 15) is 4.79 Å². The first kappa shape index (κ1) is 14.7. The number of hydrogen-bond acceptors (Lipinski definition) is 2. The molecule has 0 aliphatic rings. The van der Waals surface area contributed by atoms with Crippen molar-refractivity contribution in [3.05, 3.63) is 35.9 Å². The molecule has 3 heteroatoms. The molecular weight excluding hydrogens is 224 g/mol. The first-order chi connectivity index (χ1) is 8.65. The van der Waals surface area contributed by atoms with Crippen molar-refractivity contribution in [1.29, 1.82) is 0 Å². The summed E-state index contributed by atoms with van der Waals surface area (Å²) in [6.07, 6.45) is 0.532. The Morgan fingerprint density at radius 1 is 1.22 bits per heavy atom. The normalized spacial score (nSPS) is 12.4. The molecule has 0 saturated carbocycles. The van der Waals surface area contributed by atoms with Crippen LogP contribution in [0.1, 0.15) is 38.8 Å². The number of hydrogen-bond donors (Lipinski definition) is 2. The first-order valence-electron chi connectivity index (χ1n) is 6.70. The van der Waals surface area contributed by atoms with Crippen LogP contribution < -0.4 is 10.6 Å². The monoisotopic (exact) mass is 248 g/mol. The van der Waals surface area contributed by atoms with Crippen LogP contribution in [-0.4, -0.2) is 19.0 Å². The Morgan fingerprint density at radius 3 is 2.44 bits per heavy atom. The highest BCUT2D eigenvalue weighted by Gasteiger charge is 2.17. The predicted molar refractivity (Wildman–Crippen MR) is 75.3 cm³/mol. The number of rotatable bonds is 7. The van der Waals surface area contributed by atoms with Crippen molar-refractivity contribution in [2.45, 2.75) is 33.2 Å². The van der Waals surface area contributed by atoms with E-state index in [0.717, 1.165) is 13.1 Å². The van der Waals surface area contributed by atoms with Crippen LogP contribution in [0.3, 0.4) is 0 Å². The van der Waals surface area contributed by atoms with Crippen molar-refractivity contribution in [3.63, 3.8) is 0 Å². The average molecular weight is 248 g/mol. The summed E-state index contributed by atoms with van der Waals surface area (Å²) in [5.41, 5.74) is 1.17. The fourth-order valence-electron chi connectivity index (χ4n) is 1.92. The van der Waals surface area contributed by atoms with Crippen LogP contribution >= 0.6 is 0 Å². The van der Waals surface area contributed by atoms with E-state index in [2.05, 4.69) is 36.6 Å². The molecule has 1 aromatic carbocycles. The van der Waals surface area contributed by atoms with Gasteiger partial charge < -0.3 is 10.6 Å². The molecule has 0 fully saturated rings. The van der Waals surface area contributed by atoms with Gasteiger partial charge in [0.15, 0.2) is 0 Å². The maximum Gasteiger partial charge on any atom is 0.221 e. The molecule has 0 saturated heterocycles. The number of amides is 1. The van der Waals surface area contributed by atoms with Gasteiger partial charge in [-0.25, -0.2) is 0 Å². The van der Waals surface area contributed by atoms with E-state index < -0.39 is 0 Å². The zero-order valence-corrected chi connectivity index (χ0v) is 11.6. The summed E-state index contributed by atoms with van der Waals surface area (Å²) in [6.45, 7) is 7.94. The Balaban J connectivity index is 2.56. The van der Waals surface area contributed by atoms with Gasteiger partial charge in [0.1, 0.15) is 0 Å². The van der Waals surface area contributed by atoms with Crippen LogP contribution in [0.25, 0.3) is 0 Å². The molecule has 1 aromatic rings. The lowest BCUT2D eigenvalue weighted by Crippen LogP contribution is -2.33. The van der Waals surface area contributed by atoms with E-state index >= 15 is 0 Å². The number of carbonyl (C=O) groups is 1. The fraction of sp³-hybridized carbons (Fsp3) is 0.533. The third-order valence-corrected chi connectivity index (χ3v) is 2.92. The SMILES string of the molecule is CCNCCC(=O)NC(c1ccccc1)C(C)C. The van der Waals surface area contributed by atoms with Gasteiger partial charge >= 0.3 is 0 Å². The second-order valence-corrected chi connectivity index (χ2v) is 4.80. The summed E-state index contributed by atoms with van der Waals surface area (Å²) in [4.78, 5) is 11.9. The lowest BCUT2D eigenvalue weighted by molar-refractivity contribution is -0.122. The van der Waals surface area contributed by atoms with Gasteiger partial charge in [-0.3, -0.25) is 4.79 Å². The van der Waals surface area contributed by atoms with Gasteiger partial charge in [-0.05, 0) is 18.0 Å². The van der Waals surface area contributed by atoms with Crippen molar-refractivity contribution < 1.29 is 4.79 Å². The Labute approximate surface area is 110 Å². The van der Waals surface area contributed by atoms with E-state index in [0.29, 0.717) is 12.3 Å². The van der Waals surface area contributed by atoms with Gasteiger partial charge in [0.05, 0.1) is 6.04 Å². The highest BCUT2D eigenvalue weighted by atomic mass is 16.1. The minimum atomic E-state index is 0.0975. The zero-order chi connectivity index (χ0) is 13.4. The molecule has 3 nitrogen and oxygen atoms in total. The Kier molecular flexibility index (Phi) is 6.44. The highest BCUT2D eigenvalue weighted by Crippen LogP contribution is 2.21. The van der Waals surface area contributed by atoms with Crippen LogP contribution in [0, 0.1) is 5.92 Å². The third-order valence-electron chi connectivity index (χ3n) is 2.92. The fourth-order valence-corrected chi connectivity index (χ4v) is 1.92. The topological polar surface area (TPSA) is 41.1 Å². The largest absolute Gasteiger partial charge is 0.349 e. The van der Waals surface area contributed by atoms with Crippen LogP contribution in [0.15, 0.2) is 30.3 Å². The van der Waals surface area contributed by atoms with Crippen LogP contribution in [0.2, 0.25) is 0 Å². The van der Waals surface area contributed by atoms with Gasteiger partial charge in [-0.15, -0.1) is 0 Å². The summed E-state index contributed by atoms with van der Waals surface area (Å²) in [5, 5.41) is 6.27. The predicted octanol–water partition coefficient (Wildman–Crippen LogP) is 2.50. The lowest BCUT2D eigenvalue weighted by atomic mass is 9.96. The molecule has 0 bridgehead atoms. The van der Waals surface area contributed by atoms with Gasteiger partial charge in [0.2, 0.25) is 5.91 Å². The van der Waals surface area contributed by atoms with Crippen molar-refractivity contribution in [2.24, 2.45) is 5.92 Å². The van der Waals surface area contributed by atoms with E-state index in [1.165, 1.54) is 5.56 Å². The molecule has 0 radical (unpaired) electrons. The van der Waals surface area contributed by atoms with E-state index in [1.807, 2.05) is 25.1 Å². The summed E-state index contributed by atoms with van der Waals surface area (Å²) in [5.74, 6) is 0.494. The molecule has 0 spiro atoms. The maximum absolute atomic E-state index is 11.9. The molecular formula is C15H24N2O.